The summed E-state index contributed by atoms with van der Waals surface area (Å²) in [4.78, 5) is 23.1. The zero-order valence-electron chi connectivity index (χ0n) is 20.3. The molecule has 3 atom stereocenters. The molecule has 3 aromatic heterocycles. The highest BCUT2D eigenvalue weighted by Crippen LogP contribution is 2.52. The van der Waals surface area contributed by atoms with Gasteiger partial charge >= 0.3 is 0 Å². The number of rotatable bonds is 5. The topological polar surface area (TPSA) is 99.7 Å². The van der Waals surface area contributed by atoms with Crippen molar-refractivity contribution in [3.63, 3.8) is 0 Å². The highest BCUT2D eigenvalue weighted by molar-refractivity contribution is 7.92. The molecule has 190 valence electrons. The van der Waals surface area contributed by atoms with Gasteiger partial charge in [-0.15, -0.1) is 0 Å². The molecular weight excluding hydrogens is 493 g/mol. The van der Waals surface area contributed by atoms with Gasteiger partial charge in [0.1, 0.15) is 11.5 Å². The van der Waals surface area contributed by atoms with Gasteiger partial charge in [-0.3, -0.25) is 14.5 Å². The predicted molar refractivity (Wildman–Crippen MR) is 133 cm³/mol. The van der Waals surface area contributed by atoms with Crippen molar-refractivity contribution in [2.45, 2.75) is 42.4 Å². The van der Waals surface area contributed by atoms with Crippen LogP contribution in [-0.2, 0) is 29.7 Å². The lowest BCUT2D eigenvalue weighted by Crippen LogP contribution is -2.51. The van der Waals surface area contributed by atoms with Crippen LogP contribution in [0.25, 0.3) is 5.69 Å². The van der Waals surface area contributed by atoms with Crippen LogP contribution >= 0.6 is 0 Å². The number of imidazole rings is 1. The number of halogens is 1. The molecule has 1 aromatic carbocycles. The SMILES string of the molecule is Cn1ccc(S(=O)(=O)[C@H]2CCC3Cc4c(ncn4-c4ccc(F)cc4)C[C@]3(C(=O)c3ccccn3)C2)n1. The summed E-state index contributed by atoms with van der Waals surface area (Å²) in [5, 5.41) is 3.46. The van der Waals surface area contributed by atoms with E-state index in [1.807, 2.05) is 4.57 Å². The number of nitrogens with zero attached hydrogens (tertiary/aromatic N) is 5. The molecule has 0 bridgehead atoms. The second-order valence-corrected chi connectivity index (χ2v) is 12.2. The average molecular weight is 520 g/mol. The molecule has 2 aliphatic rings. The van der Waals surface area contributed by atoms with Gasteiger partial charge in [0.2, 0.25) is 0 Å². The first-order valence-electron chi connectivity index (χ1n) is 12.3. The van der Waals surface area contributed by atoms with Crippen molar-refractivity contribution in [1.82, 2.24) is 24.3 Å². The Morgan fingerprint density at radius 1 is 1.08 bits per heavy atom. The Bertz CT molecular complexity index is 1580. The molecule has 10 heteroatoms. The van der Waals surface area contributed by atoms with Crippen molar-refractivity contribution >= 4 is 15.6 Å². The van der Waals surface area contributed by atoms with Gasteiger partial charge in [-0.1, -0.05) is 6.07 Å². The van der Waals surface area contributed by atoms with Crippen molar-refractivity contribution in [2.75, 3.05) is 0 Å². The smallest absolute Gasteiger partial charge is 0.200 e. The first kappa shape index (κ1) is 23.7. The second-order valence-electron chi connectivity index (χ2n) is 10.0. The number of Topliss-reactive ketones (excluding diaryl/α,β-unsaturated/α-hetero) is 1. The number of pyridine rings is 1. The molecule has 4 aromatic rings. The molecule has 0 aliphatic heterocycles. The maximum Gasteiger partial charge on any atom is 0.200 e. The van der Waals surface area contributed by atoms with Crippen LogP contribution in [-0.4, -0.2) is 43.8 Å². The van der Waals surface area contributed by atoms with E-state index in [-0.39, 0.29) is 29.0 Å². The third-order valence-electron chi connectivity index (χ3n) is 7.96. The summed E-state index contributed by atoms with van der Waals surface area (Å²) in [6.45, 7) is 0. The Morgan fingerprint density at radius 3 is 2.59 bits per heavy atom. The van der Waals surface area contributed by atoms with Gasteiger partial charge in [0.25, 0.3) is 0 Å². The number of aromatic nitrogens is 5. The maximum atomic E-state index is 14.1. The number of fused-ring (bicyclic) bond motifs is 2. The third kappa shape index (κ3) is 3.90. The number of hydrogen-bond donors (Lipinski definition) is 0. The summed E-state index contributed by atoms with van der Waals surface area (Å²) >= 11 is 0. The first-order valence-corrected chi connectivity index (χ1v) is 13.8. The lowest BCUT2D eigenvalue weighted by Gasteiger charge is -2.47. The van der Waals surface area contributed by atoms with Gasteiger partial charge in [-0.2, -0.15) is 5.10 Å². The minimum Gasteiger partial charge on any atom is -0.303 e. The fourth-order valence-electron chi connectivity index (χ4n) is 6.07. The molecule has 1 saturated carbocycles. The molecule has 0 radical (unpaired) electrons. The van der Waals surface area contributed by atoms with Crippen molar-refractivity contribution in [2.24, 2.45) is 18.4 Å². The summed E-state index contributed by atoms with van der Waals surface area (Å²) in [5.41, 5.74) is 1.93. The highest BCUT2D eigenvalue weighted by Gasteiger charge is 2.55. The monoisotopic (exact) mass is 519 g/mol. The minimum atomic E-state index is -3.73. The normalized spacial score (nSPS) is 23.3. The zero-order valence-corrected chi connectivity index (χ0v) is 21.1. The molecule has 8 nitrogen and oxygen atoms in total. The number of ketones is 1. The lowest BCUT2D eigenvalue weighted by atomic mass is 9.57. The number of benzene rings is 1. The van der Waals surface area contributed by atoms with Gasteiger partial charge in [-0.05, 0) is 74.1 Å². The standard InChI is InChI=1S/C27H26FN5O3S/c1-32-13-11-25(31-32)37(35,36)21-10-5-18-14-24-23(30-17-33(24)20-8-6-19(28)7-9-20)16-27(18,15-21)26(34)22-4-2-3-12-29-22/h2-4,6-9,11-13,17-18,21H,5,10,14-16H2,1H3/t18?,21-,27+/m0/s1. The highest BCUT2D eigenvalue weighted by atomic mass is 32.2. The van der Waals surface area contributed by atoms with Crippen molar-refractivity contribution in [1.29, 1.82) is 0 Å². The van der Waals surface area contributed by atoms with E-state index in [1.54, 1.807) is 56.1 Å². The van der Waals surface area contributed by atoms with Crippen LogP contribution in [0.15, 0.2) is 72.3 Å². The summed E-state index contributed by atoms with van der Waals surface area (Å²) < 4.78 is 44.1. The summed E-state index contributed by atoms with van der Waals surface area (Å²) in [7, 11) is -2.05. The summed E-state index contributed by atoms with van der Waals surface area (Å²) in [5.74, 6) is -0.535. The van der Waals surface area contributed by atoms with Gasteiger partial charge in [0.15, 0.2) is 20.6 Å². The van der Waals surface area contributed by atoms with E-state index in [4.69, 9.17) is 0 Å². The van der Waals surface area contributed by atoms with Crippen molar-refractivity contribution < 1.29 is 17.6 Å². The first-order chi connectivity index (χ1) is 17.8. The van der Waals surface area contributed by atoms with Gasteiger partial charge in [-0.25, -0.2) is 17.8 Å². The number of hydrogen-bond acceptors (Lipinski definition) is 6. The molecule has 0 spiro atoms. The number of carbonyl (C=O) groups excluding carboxylic acids is 1. The van der Waals surface area contributed by atoms with E-state index in [0.29, 0.717) is 31.4 Å². The number of sulfone groups is 1. The molecular formula is C27H26FN5O3S. The second kappa shape index (κ2) is 8.72. The van der Waals surface area contributed by atoms with E-state index in [9.17, 15) is 17.6 Å². The van der Waals surface area contributed by atoms with Crippen molar-refractivity contribution in [3.8, 4) is 5.69 Å². The molecule has 6 rings (SSSR count). The van der Waals surface area contributed by atoms with E-state index in [2.05, 4.69) is 15.1 Å². The van der Waals surface area contributed by atoms with Crippen LogP contribution in [0.5, 0.6) is 0 Å². The van der Waals surface area contributed by atoms with Gasteiger partial charge in [0, 0.05) is 42.7 Å². The Labute approximate surface area is 214 Å². The van der Waals surface area contributed by atoms with Crippen LogP contribution in [0.1, 0.15) is 41.1 Å². The van der Waals surface area contributed by atoms with Crippen LogP contribution in [0.3, 0.4) is 0 Å². The molecule has 0 N–H and O–H groups in total. The minimum absolute atomic E-state index is 0.0379. The fraction of sp³-hybridized carbons (Fsp3) is 0.333. The molecule has 2 aliphatic carbocycles. The van der Waals surface area contributed by atoms with E-state index in [0.717, 1.165) is 17.1 Å². The van der Waals surface area contributed by atoms with Gasteiger partial charge in [0.05, 0.1) is 17.3 Å². The van der Waals surface area contributed by atoms with Crippen LogP contribution in [0.4, 0.5) is 4.39 Å². The van der Waals surface area contributed by atoms with Gasteiger partial charge < -0.3 is 4.57 Å². The maximum absolute atomic E-state index is 14.1. The van der Waals surface area contributed by atoms with Crippen LogP contribution < -0.4 is 0 Å². The van der Waals surface area contributed by atoms with E-state index >= 15 is 0 Å². The fourth-order valence-corrected chi connectivity index (χ4v) is 7.87. The zero-order chi connectivity index (χ0) is 25.8. The summed E-state index contributed by atoms with van der Waals surface area (Å²) in [6, 6.07) is 13.0. The molecule has 0 saturated heterocycles. The molecule has 1 fully saturated rings. The van der Waals surface area contributed by atoms with Crippen molar-refractivity contribution in [3.05, 3.63) is 90.2 Å². The Morgan fingerprint density at radius 2 is 1.89 bits per heavy atom. The Kier molecular flexibility index (Phi) is 5.59. The molecule has 3 heterocycles. The van der Waals surface area contributed by atoms with E-state index in [1.165, 1.54) is 22.9 Å². The predicted octanol–water partition coefficient (Wildman–Crippen LogP) is 3.75. The summed E-state index contributed by atoms with van der Waals surface area (Å²) in [6.07, 6.45) is 7.01. The molecule has 1 unspecified atom stereocenters. The Balaban J connectivity index is 1.43. The quantitative estimate of drug-likeness (QED) is 0.373. The third-order valence-corrected chi connectivity index (χ3v) is 10.0. The molecule has 0 amide bonds. The van der Waals surface area contributed by atoms with Crippen LogP contribution in [0.2, 0.25) is 0 Å². The van der Waals surface area contributed by atoms with E-state index < -0.39 is 20.5 Å². The van der Waals surface area contributed by atoms with Crippen LogP contribution in [0, 0.1) is 17.2 Å². The molecule has 37 heavy (non-hydrogen) atoms. The number of aryl methyl sites for hydroxylation is 1. The Hall–Kier alpha value is -3.66. The largest absolute Gasteiger partial charge is 0.303 e. The lowest BCUT2D eigenvalue weighted by molar-refractivity contribution is 0.0483. The average Bonchev–Trinajstić information content (AvgIpc) is 3.53. The number of carbonyl (C=O) groups is 1.